The fourth-order valence-electron chi connectivity index (χ4n) is 4.47. The molecule has 1 aromatic heterocycles. The largest absolute Gasteiger partial charge is 0.325 e. The summed E-state index contributed by atoms with van der Waals surface area (Å²) in [6.45, 7) is 2.08. The normalized spacial score (nSPS) is 19.3. The number of aryl methyl sites for hydroxylation is 1. The van der Waals surface area contributed by atoms with Gasteiger partial charge >= 0.3 is 0 Å². The van der Waals surface area contributed by atoms with Gasteiger partial charge in [0, 0.05) is 30.2 Å². The van der Waals surface area contributed by atoms with E-state index in [4.69, 9.17) is 0 Å². The van der Waals surface area contributed by atoms with E-state index in [1.165, 1.54) is 24.5 Å². The van der Waals surface area contributed by atoms with Crippen molar-refractivity contribution < 1.29 is 26.4 Å². The third-order valence-electron chi connectivity index (χ3n) is 6.28. The molecular formula is C21H25F3N4O3S. The van der Waals surface area contributed by atoms with E-state index in [2.05, 4.69) is 15.3 Å². The average molecular weight is 471 g/mol. The maximum absolute atomic E-state index is 13.9. The van der Waals surface area contributed by atoms with Gasteiger partial charge in [-0.05, 0) is 49.2 Å². The smallest absolute Gasteiger partial charge is 0.273 e. The van der Waals surface area contributed by atoms with E-state index < -0.39 is 27.8 Å². The summed E-state index contributed by atoms with van der Waals surface area (Å²) in [7, 11) is -3.07. The number of amides is 1. The van der Waals surface area contributed by atoms with Gasteiger partial charge in [0.1, 0.15) is 9.84 Å². The molecule has 32 heavy (non-hydrogen) atoms. The first-order valence-corrected chi connectivity index (χ1v) is 12.4. The maximum atomic E-state index is 13.9. The molecule has 0 bridgehead atoms. The number of carbonyl (C=O) groups excluding carboxylic acids is 1. The number of hydrogen-bond acceptors (Lipinski definition) is 5. The van der Waals surface area contributed by atoms with Crippen LogP contribution in [-0.4, -0.2) is 60.5 Å². The summed E-state index contributed by atoms with van der Waals surface area (Å²) in [4.78, 5) is 15.0. The first-order chi connectivity index (χ1) is 15.1. The number of fused-ring (bicyclic) bond motifs is 2. The lowest BCUT2D eigenvalue weighted by atomic mass is 9.73. The van der Waals surface area contributed by atoms with Gasteiger partial charge in [-0.3, -0.25) is 14.4 Å². The zero-order chi connectivity index (χ0) is 23.1. The van der Waals surface area contributed by atoms with Crippen molar-refractivity contribution in [1.29, 1.82) is 0 Å². The van der Waals surface area contributed by atoms with Crippen molar-refractivity contribution in [2.45, 2.75) is 43.9 Å². The summed E-state index contributed by atoms with van der Waals surface area (Å²) in [5.74, 6) is -0.160. The number of sulfone groups is 1. The number of halogens is 3. The number of likely N-dealkylation sites (tertiary alicyclic amines) is 1. The van der Waals surface area contributed by atoms with E-state index in [0.29, 0.717) is 43.7 Å². The van der Waals surface area contributed by atoms with Crippen LogP contribution in [-0.2, 0) is 33.1 Å². The second-order valence-electron chi connectivity index (χ2n) is 8.60. The fourth-order valence-corrected chi connectivity index (χ4v) is 4.98. The summed E-state index contributed by atoms with van der Waals surface area (Å²) in [6, 6.07) is 4.21. The van der Waals surface area contributed by atoms with E-state index >= 15 is 0 Å². The van der Waals surface area contributed by atoms with Crippen molar-refractivity contribution in [3.63, 3.8) is 0 Å². The number of nitrogens with zero attached hydrogens (tertiary/aromatic N) is 3. The number of piperidine rings is 1. The summed E-state index contributed by atoms with van der Waals surface area (Å²) >= 11 is 0. The van der Waals surface area contributed by atoms with Crippen LogP contribution < -0.4 is 5.32 Å². The molecule has 1 aromatic carbocycles. The van der Waals surface area contributed by atoms with E-state index in [9.17, 15) is 26.4 Å². The first kappa shape index (κ1) is 22.8. The predicted octanol–water partition coefficient (Wildman–Crippen LogP) is 2.69. The van der Waals surface area contributed by atoms with Crippen molar-refractivity contribution in [3.8, 4) is 0 Å². The molecule has 3 heterocycles. The molecule has 11 heteroatoms. The molecule has 1 atom stereocenters. The Morgan fingerprint density at radius 2 is 1.94 bits per heavy atom. The van der Waals surface area contributed by atoms with Gasteiger partial charge in [0.25, 0.3) is 6.43 Å². The standard InChI is InChI=1S/C21H25F3N4O3S/c1-32(30,31)9-8-28-13-14(11-25-28)12-27-6-4-21(5-7-27)16-10-15(18(22)19(23)24)2-3-17(16)26-20(21)29/h2-3,10-11,13,18-19H,4-9,12H2,1H3,(H,26,29). The number of anilines is 1. The van der Waals surface area contributed by atoms with Gasteiger partial charge < -0.3 is 5.32 Å². The Morgan fingerprint density at radius 3 is 2.59 bits per heavy atom. The van der Waals surface area contributed by atoms with Gasteiger partial charge in [-0.25, -0.2) is 21.6 Å². The third kappa shape index (κ3) is 4.54. The summed E-state index contributed by atoms with van der Waals surface area (Å²) in [5.41, 5.74) is 1.13. The van der Waals surface area contributed by atoms with Crippen LogP contribution in [0.25, 0.3) is 0 Å². The quantitative estimate of drug-likeness (QED) is 0.673. The van der Waals surface area contributed by atoms with Crippen molar-refractivity contribution in [1.82, 2.24) is 14.7 Å². The lowest BCUT2D eigenvalue weighted by molar-refractivity contribution is -0.122. The number of rotatable bonds is 7. The summed E-state index contributed by atoms with van der Waals surface area (Å²) < 4.78 is 63.8. The first-order valence-electron chi connectivity index (χ1n) is 10.4. The molecule has 1 unspecified atom stereocenters. The Bertz CT molecular complexity index is 1110. The van der Waals surface area contributed by atoms with E-state index in [1.807, 2.05) is 6.20 Å². The van der Waals surface area contributed by atoms with Crippen LogP contribution in [0.15, 0.2) is 30.6 Å². The van der Waals surface area contributed by atoms with Crippen LogP contribution >= 0.6 is 0 Å². The monoisotopic (exact) mass is 470 g/mol. The number of benzene rings is 1. The zero-order valence-electron chi connectivity index (χ0n) is 17.6. The Balaban J connectivity index is 1.43. The molecule has 1 saturated heterocycles. The lowest BCUT2D eigenvalue weighted by Crippen LogP contribution is -2.46. The number of carbonyl (C=O) groups is 1. The highest BCUT2D eigenvalue weighted by atomic mass is 32.2. The van der Waals surface area contributed by atoms with E-state index in [0.717, 1.165) is 5.56 Å². The van der Waals surface area contributed by atoms with Crippen molar-refractivity contribution >= 4 is 21.4 Å². The topological polar surface area (TPSA) is 84.3 Å². The molecule has 174 valence electrons. The predicted molar refractivity (Wildman–Crippen MR) is 113 cm³/mol. The molecule has 1 N–H and O–H groups in total. The fraction of sp³-hybridized carbons (Fsp3) is 0.524. The molecule has 0 radical (unpaired) electrons. The molecule has 0 saturated carbocycles. The van der Waals surface area contributed by atoms with Gasteiger partial charge in [0.15, 0.2) is 6.17 Å². The SMILES string of the molecule is CS(=O)(=O)CCn1cc(CN2CCC3(CC2)C(=O)Nc2ccc(C(F)C(F)F)cc23)cn1. The highest BCUT2D eigenvalue weighted by Gasteiger charge is 2.48. The second kappa shape index (κ2) is 8.51. The van der Waals surface area contributed by atoms with Gasteiger partial charge in [-0.1, -0.05) is 6.07 Å². The van der Waals surface area contributed by atoms with Gasteiger partial charge in [-0.2, -0.15) is 5.10 Å². The minimum atomic E-state index is -3.12. The Morgan fingerprint density at radius 1 is 1.22 bits per heavy atom. The van der Waals surface area contributed by atoms with Crippen molar-refractivity contribution in [2.75, 3.05) is 30.4 Å². The van der Waals surface area contributed by atoms with Crippen LogP contribution in [0.3, 0.4) is 0 Å². The zero-order valence-corrected chi connectivity index (χ0v) is 18.4. The Hall–Kier alpha value is -2.40. The minimum absolute atomic E-state index is 0.0160. The number of hydrogen-bond donors (Lipinski definition) is 1. The van der Waals surface area contributed by atoms with Crippen molar-refractivity contribution in [3.05, 3.63) is 47.3 Å². The highest BCUT2D eigenvalue weighted by Crippen LogP contribution is 2.46. The minimum Gasteiger partial charge on any atom is -0.325 e. The van der Waals surface area contributed by atoms with E-state index in [1.54, 1.807) is 10.9 Å². The Kier molecular flexibility index (Phi) is 6.06. The van der Waals surface area contributed by atoms with Gasteiger partial charge in [0.05, 0.1) is 23.9 Å². The highest BCUT2D eigenvalue weighted by molar-refractivity contribution is 7.90. The van der Waals surface area contributed by atoms with Gasteiger partial charge in [-0.15, -0.1) is 0 Å². The third-order valence-corrected chi connectivity index (χ3v) is 7.20. The molecule has 7 nitrogen and oxygen atoms in total. The van der Waals surface area contributed by atoms with Crippen LogP contribution in [0.2, 0.25) is 0 Å². The number of alkyl halides is 3. The average Bonchev–Trinajstić information content (AvgIpc) is 3.29. The Labute approximate surface area is 184 Å². The van der Waals surface area contributed by atoms with Gasteiger partial charge in [0.2, 0.25) is 5.91 Å². The molecule has 0 aliphatic carbocycles. The second-order valence-corrected chi connectivity index (χ2v) is 10.9. The summed E-state index contributed by atoms with van der Waals surface area (Å²) in [6.07, 6.45) is 0.170. The van der Waals surface area contributed by atoms with Crippen LogP contribution in [0.4, 0.5) is 18.9 Å². The molecule has 2 aliphatic heterocycles. The molecule has 1 spiro atoms. The molecule has 4 rings (SSSR count). The molecule has 2 aliphatic rings. The molecular weight excluding hydrogens is 445 g/mol. The number of aromatic nitrogens is 2. The molecule has 1 amide bonds. The maximum Gasteiger partial charge on any atom is 0.273 e. The molecule has 1 fully saturated rings. The number of nitrogens with one attached hydrogen (secondary N) is 1. The van der Waals surface area contributed by atoms with Crippen molar-refractivity contribution in [2.24, 2.45) is 0 Å². The summed E-state index contributed by atoms with van der Waals surface area (Å²) in [5, 5.41) is 7.02. The van der Waals surface area contributed by atoms with E-state index in [-0.39, 0.29) is 23.8 Å². The van der Waals surface area contributed by atoms with Crippen LogP contribution in [0.1, 0.15) is 35.7 Å². The molecule has 2 aromatic rings. The lowest BCUT2D eigenvalue weighted by Gasteiger charge is -2.38. The van der Waals surface area contributed by atoms with Crippen LogP contribution in [0, 0.1) is 0 Å². The van der Waals surface area contributed by atoms with Crippen LogP contribution in [0.5, 0.6) is 0 Å².